The summed E-state index contributed by atoms with van der Waals surface area (Å²) >= 11 is 0. The van der Waals surface area contributed by atoms with Gasteiger partial charge in [0, 0.05) is 11.1 Å². The van der Waals surface area contributed by atoms with E-state index >= 15 is 0 Å². The zero-order chi connectivity index (χ0) is 14.7. The number of furan rings is 1. The van der Waals surface area contributed by atoms with Crippen molar-refractivity contribution in [3.63, 3.8) is 0 Å². The van der Waals surface area contributed by atoms with E-state index in [2.05, 4.69) is 4.74 Å². The van der Waals surface area contributed by atoms with Gasteiger partial charge in [-0.25, -0.2) is 4.79 Å². The van der Waals surface area contributed by atoms with Gasteiger partial charge in [-0.1, -0.05) is 17.7 Å². The molecule has 1 fully saturated rings. The first-order chi connectivity index (χ1) is 9.45. The molecule has 20 heavy (non-hydrogen) atoms. The molecule has 4 nitrogen and oxygen atoms in total. The predicted molar refractivity (Wildman–Crippen MR) is 74.7 cm³/mol. The minimum Gasteiger partial charge on any atom is -0.469 e. The van der Waals surface area contributed by atoms with Crippen molar-refractivity contribution in [2.45, 2.75) is 27.2 Å². The fourth-order valence-corrected chi connectivity index (χ4v) is 1.87. The van der Waals surface area contributed by atoms with Crippen LogP contribution >= 0.6 is 0 Å². The van der Waals surface area contributed by atoms with E-state index in [0.717, 1.165) is 22.5 Å². The summed E-state index contributed by atoms with van der Waals surface area (Å²) in [6.07, 6.45) is 7.26. The molecule has 1 aromatic rings. The Hall–Kier alpha value is -2.36. The number of esters is 2. The van der Waals surface area contributed by atoms with Crippen molar-refractivity contribution in [3.8, 4) is 0 Å². The summed E-state index contributed by atoms with van der Waals surface area (Å²) in [5, 5.41) is 0. The zero-order valence-corrected chi connectivity index (χ0v) is 11.7. The maximum absolute atomic E-state index is 11.3. The Bertz CT molecular complexity index is 641. The van der Waals surface area contributed by atoms with Crippen LogP contribution in [0.5, 0.6) is 0 Å². The van der Waals surface area contributed by atoms with Gasteiger partial charge in [-0.3, -0.25) is 4.79 Å². The topological polar surface area (TPSA) is 56.5 Å². The number of ether oxygens (including phenoxy) is 1. The van der Waals surface area contributed by atoms with Gasteiger partial charge in [0.25, 0.3) is 0 Å². The molecule has 0 spiro atoms. The van der Waals surface area contributed by atoms with Gasteiger partial charge in [0.1, 0.15) is 5.76 Å². The van der Waals surface area contributed by atoms with E-state index in [1.54, 1.807) is 12.3 Å². The van der Waals surface area contributed by atoms with Crippen LogP contribution < -0.4 is 0 Å². The van der Waals surface area contributed by atoms with Crippen molar-refractivity contribution in [3.05, 3.63) is 53.0 Å². The number of hydrogen-bond donors (Lipinski definition) is 0. The fraction of sp³-hybridized carbons (Fsp3) is 0.250. The molecule has 0 aromatic carbocycles. The van der Waals surface area contributed by atoms with E-state index in [1.165, 1.54) is 0 Å². The smallest absolute Gasteiger partial charge is 0.342 e. The Kier molecular flexibility index (Phi) is 4.03. The van der Waals surface area contributed by atoms with Crippen molar-refractivity contribution in [2.24, 2.45) is 0 Å². The quantitative estimate of drug-likeness (QED) is 0.366. The minimum atomic E-state index is -0.547. The number of cyclic esters (lactones) is 2. The molecular weight excluding hydrogens is 256 g/mol. The molecule has 1 aromatic heterocycles. The molecule has 104 valence electrons. The van der Waals surface area contributed by atoms with Crippen LogP contribution in [0.15, 0.2) is 46.1 Å². The standard InChI is InChI=1S/C16H16O4/c1-10(6-13-8-15(17)20-16(13)18)4-5-11(2)14-7-12(3)19-9-14/h4-7,9H,8H2,1-3H3. The van der Waals surface area contributed by atoms with Crippen molar-refractivity contribution in [1.82, 2.24) is 0 Å². The van der Waals surface area contributed by atoms with Crippen molar-refractivity contribution < 1.29 is 18.7 Å². The molecule has 0 saturated carbocycles. The van der Waals surface area contributed by atoms with E-state index in [9.17, 15) is 9.59 Å². The molecule has 1 saturated heterocycles. The van der Waals surface area contributed by atoms with Gasteiger partial charge in [0.05, 0.1) is 12.7 Å². The Labute approximate surface area is 117 Å². The highest BCUT2D eigenvalue weighted by Crippen LogP contribution is 2.19. The average Bonchev–Trinajstić information content (AvgIpc) is 2.93. The summed E-state index contributed by atoms with van der Waals surface area (Å²) in [6.45, 7) is 5.74. The number of carbonyl (C=O) groups excluding carboxylic acids is 2. The van der Waals surface area contributed by atoms with Gasteiger partial charge in [-0.05, 0) is 38.5 Å². The lowest BCUT2D eigenvalue weighted by molar-refractivity contribution is -0.151. The summed E-state index contributed by atoms with van der Waals surface area (Å²) in [6, 6.07) is 1.96. The molecule has 1 aliphatic heterocycles. The predicted octanol–water partition coefficient (Wildman–Crippen LogP) is 3.34. The largest absolute Gasteiger partial charge is 0.469 e. The van der Waals surface area contributed by atoms with Crippen LogP contribution in [0, 0.1) is 6.92 Å². The molecule has 4 heteroatoms. The molecular formula is C16H16O4. The third kappa shape index (κ3) is 3.35. The molecule has 0 N–H and O–H groups in total. The average molecular weight is 272 g/mol. The molecule has 0 unspecified atom stereocenters. The summed E-state index contributed by atoms with van der Waals surface area (Å²) in [4.78, 5) is 22.3. The van der Waals surface area contributed by atoms with E-state index in [4.69, 9.17) is 4.42 Å². The van der Waals surface area contributed by atoms with Gasteiger partial charge in [0.2, 0.25) is 0 Å². The molecule has 0 amide bonds. The second-order valence-electron chi connectivity index (χ2n) is 4.81. The Balaban J connectivity index is 2.13. The SMILES string of the molecule is CC(=CC=C(C)c1coc(C)c1)C=C1CC(=O)OC1=O. The third-order valence-corrected chi connectivity index (χ3v) is 2.99. The molecule has 1 aliphatic rings. The number of rotatable bonds is 3. The maximum Gasteiger partial charge on any atom is 0.342 e. The molecule has 0 atom stereocenters. The summed E-state index contributed by atoms with van der Waals surface area (Å²) < 4.78 is 9.73. The van der Waals surface area contributed by atoms with E-state index in [-0.39, 0.29) is 6.42 Å². The maximum atomic E-state index is 11.3. The van der Waals surface area contributed by atoms with Crippen LogP contribution in [-0.2, 0) is 14.3 Å². The van der Waals surface area contributed by atoms with Crippen LogP contribution in [-0.4, -0.2) is 11.9 Å². The van der Waals surface area contributed by atoms with Gasteiger partial charge >= 0.3 is 11.9 Å². The fourth-order valence-electron chi connectivity index (χ4n) is 1.87. The van der Waals surface area contributed by atoms with Gasteiger partial charge in [-0.2, -0.15) is 0 Å². The highest BCUT2D eigenvalue weighted by atomic mass is 16.6. The number of aryl methyl sites for hydroxylation is 1. The molecule has 0 bridgehead atoms. The second-order valence-corrected chi connectivity index (χ2v) is 4.81. The first kappa shape index (κ1) is 14.1. The van der Waals surface area contributed by atoms with Gasteiger partial charge < -0.3 is 9.15 Å². The normalized spacial score (nSPS) is 18.9. The van der Waals surface area contributed by atoms with E-state index < -0.39 is 11.9 Å². The summed E-state index contributed by atoms with van der Waals surface area (Å²) in [7, 11) is 0. The van der Waals surface area contributed by atoms with Crippen molar-refractivity contribution in [2.75, 3.05) is 0 Å². The number of carbonyl (C=O) groups is 2. The lowest BCUT2D eigenvalue weighted by atomic mass is 10.1. The monoisotopic (exact) mass is 272 g/mol. The minimum absolute atomic E-state index is 0.0492. The summed E-state index contributed by atoms with van der Waals surface area (Å²) in [5.41, 5.74) is 3.36. The van der Waals surface area contributed by atoms with Gasteiger partial charge in [-0.15, -0.1) is 0 Å². The Morgan fingerprint density at radius 2 is 2.00 bits per heavy atom. The van der Waals surface area contributed by atoms with Crippen molar-refractivity contribution in [1.29, 1.82) is 0 Å². The molecule has 0 radical (unpaired) electrons. The van der Waals surface area contributed by atoms with Gasteiger partial charge in [0.15, 0.2) is 0 Å². The number of hydrogen-bond acceptors (Lipinski definition) is 4. The Morgan fingerprint density at radius 1 is 1.25 bits per heavy atom. The highest BCUT2D eigenvalue weighted by molar-refractivity contribution is 6.06. The Morgan fingerprint density at radius 3 is 2.55 bits per heavy atom. The van der Waals surface area contributed by atoms with Crippen LogP contribution in [0.4, 0.5) is 0 Å². The van der Waals surface area contributed by atoms with Crippen LogP contribution in [0.25, 0.3) is 5.57 Å². The van der Waals surface area contributed by atoms with Crippen LogP contribution in [0.3, 0.4) is 0 Å². The highest BCUT2D eigenvalue weighted by Gasteiger charge is 2.26. The number of allylic oxidation sites excluding steroid dienone is 5. The van der Waals surface area contributed by atoms with E-state index in [1.807, 2.05) is 39.0 Å². The summed E-state index contributed by atoms with van der Waals surface area (Å²) in [5.74, 6) is -0.175. The molecule has 2 rings (SSSR count). The first-order valence-corrected chi connectivity index (χ1v) is 6.32. The lowest BCUT2D eigenvalue weighted by Gasteiger charge is -1.95. The zero-order valence-electron chi connectivity index (χ0n) is 11.7. The third-order valence-electron chi connectivity index (χ3n) is 2.99. The lowest BCUT2D eigenvalue weighted by Crippen LogP contribution is -1.97. The van der Waals surface area contributed by atoms with Crippen LogP contribution in [0.1, 0.15) is 31.6 Å². The molecule has 2 heterocycles. The second kappa shape index (κ2) is 5.74. The van der Waals surface area contributed by atoms with Crippen LogP contribution in [0.2, 0.25) is 0 Å². The van der Waals surface area contributed by atoms with Crippen molar-refractivity contribution >= 4 is 17.5 Å². The molecule has 0 aliphatic carbocycles. The first-order valence-electron chi connectivity index (χ1n) is 6.32. The van der Waals surface area contributed by atoms with E-state index in [0.29, 0.717) is 5.57 Å².